The van der Waals surface area contributed by atoms with Crippen LogP contribution in [0.1, 0.15) is 34.7 Å². The molecule has 7 heteroatoms. The van der Waals surface area contributed by atoms with Crippen molar-refractivity contribution in [3.05, 3.63) is 82.4 Å². The van der Waals surface area contributed by atoms with Crippen LogP contribution in [0, 0.1) is 13.8 Å². The van der Waals surface area contributed by atoms with E-state index in [2.05, 4.69) is 39.7 Å². The molecule has 5 nitrogen and oxygen atoms in total. The summed E-state index contributed by atoms with van der Waals surface area (Å²) in [7, 11) is 1.71. The molecular weight excluding hydrogens is 416 g/mol. The number of benzene rings is 1. The van der Waals surface area contributed by atoms with Crippen molar-refractivity contribution in [1.29, 1.82) is 0 Å². The number of pyridine rings is 1. The van der Waals surface area contributed by atoms with Crippen LogP contribution in [0.3, 0.4) is 0 Å². The Morgan fingerprint density at radius 2 is 1.93 bits per heavy atom. The van der Waals surface area contributed by atoms with Gasteiger partial charge in [0.05, 0.1) is 24.4 Å². The Labute approximate surface area is 187 Å². The molecule has 30 heavy (non-hydrogen) atoms. The zero-order valence-corrected chi connectivity index (χ0v) is 18.9. The second kappa shape index (κ2) is 8.76. The first kappa shape index (κ1) is 20.8. The molecule has 1 aliphatic rings. The van der Waals surface area contributed by atoms with Crippen LogP contribution in [0.25, 0.3) is 5.69 Å². The number of ether oxygens (including phenoxy) is 1. The second-order valence-corrected chi connectivity index (χ2v) is 8.27. The molecule has 3 heterocycles. The summed E-state index contributed by atoms with van der Waals surface area (Å²) >= 11 is 11.8. The highest BCUT2D eigenvalue weighted by molar-refractivity contribution is 7.80. The molecule has 0 saturated carbocycles. The first-order valence-electron chi connectivity index (χ1n) is 9.93. The summed E-state index contributed by atoms with van der Waals surface area (Å²) in [6.07, 6.45) is 1.83. The monoisotopic (exact) mass is 440 g/mol. The van der Waals surface area contributed by atoms with Crippen LogP contribution in [0.4, 0.5) is 0 Å². The van der Waals surface area contributed by atoms with E-state index in [0.29, 0.717) is 13.2 Å². The number of thiocarbonyl (C=S) groups is 1. The molecule has 1 aromatic carbocycles. The quantitative estimate of drug-likeness (QED) is 0.559. The van der Waals surface area contributed by atoms with E-state index in [4.69, 9.17) is 28.6 Å². The van der Waals surface area contributed by atoms with Gasteiger partial charge in [-0.3, -0.25) is 4.98 Å². The summed E-state index contributed by atoms with van der Waals surface area (Å²) in [5.74, 6) is 0. The van der Waals surface area contributed by atoms with Crippen molar-refractivity contribution in [2.75, 3.05) is 20.3 Å². The van der Waals surface area contributed by atoms with Gasteiger partial charge in [0.1, 0.15) is 0 Å². The van der Waals surface area contributed by atoms with Gasteiger partial charge >= 0.3 is 0 Å². The highest BCUT2D eigenvalue weighted by Gasteiger charge is 2.41. The Hall–Kier alpha value is -2.41. The zero-order chi connectivity index (χ0) is 21.3. The SMILES string of the molecule is COCCN1C(=S)N[C@H](c2ccccn2)[C@H]1c1cc(C)n(-c2ccc(Cl)cc2)c1C. The molecule has 156 valence electrons. The fourth-order valence-electron chi connectivity index (χ4n) is 4.25. The van der Waals surface area contributed by atoms with Crippen LogP contribution in [-0.2, 0) is 4.74 Å². The summed E-state index contributed by atoms with van der Waals surface area (Å²) in [5.41, 5.74) is 5.62. The van der Waals surface area contributed by atoms with Gasteiger partial charge in [-0.15, -0.1) is 0 Å². The average Bonchev–Trinajstić information content (AvgIpc) is 3.23. The Bertz CT molecular complexity index is 1040. The topological polar surface area (TPSA) is 42.3 Å². The Morgan fingerprint density at radius 1 is 1.17 bits per heavy atom. The van der Waals surface area contributed by atoms with Gasteiger partial charge in [-0.2, -0.15) is 0 Å². The molecule has 1 fully saturated rings. The van der Waals surface area contributed by atoms with Crippen molar-refractivity contribution in [2.45, 2.75) is 25.9 Å². The molecule has 1 N–H and O–H groups in total. The van der Waals surface area contributed by atoms with Crippen LogP contribution >= 0.6 is 23.8 Å². The average molecular weight is 441 g/mol. The van der Waals surface area contributed by atoms with E-state index in [-0.39, 0.29) is 12.1 Å². The van der Waals surface area contributed by atoms with E-state index in [1.807, 2.05) is 48.7 Å². The van der Waals surface area contributed by atoms with Gasteiger partial charge in [0, 0.05) is 41.9 Å². The van der Waals surface area contributed by atoms with Crippen LogP contribution in [-0.4, -0.2) is 39.8 Å². The van der Waals surface area contributed by atoms with E-state index in [0.717, 1.165) is 27.2 Å². The number of hydrogen-bond acceptors (Lipinski definition) is 3. The van der Waals surface area contributed by atoms with Gasteiger partial charge in [-0.05, 0) is 74.1 Å². The summed E-state index contributed by atoms with van der Waals surface area (Å²) in [4.78, 5) is 6.83. The van der Waals surface area contributed by atoms with Gasteiger partial charge in [0.15, 0.2) is 5.11 Å². The van der Waals surface area contributed by atoms with Gasteiger partial charge in [-0.25, -0.2) is 0 Å². The second-order valence-electron chi connectivity index (χ2n) is 7.45. The molecule has 0 amide bonds. The smallest absolute Gasteiger partial charge is 0.170 e. The summed E-state index contributed by atoms with van der Waals surface area (Å²) < 4.78 is 7.62. The number of halogens is 1. The number of methoxy groups -OCH3 is 1. The van der Waals surface area contributed by atoms with Crippen LogP contribution in [0.2, 0.25) is 5.02 Å². The van der Waals surface area contributed by atoms with E-state index in [1.54, 1.807) is 7.11 Å². The first-order chi connectivity index (χ1) is 14.5. The standard InChI is InChI=1S/C23H25ClN4OS/c1-15-14-19(16(2)28(15)18-9-7-17(24)8-10-18)22-21(20-6-4-5-11-25-20)26-23(30)27(22)12-13-29-3/h4-11,14,21-22H,12-13H2,1-3H3,(H,26,30)/t21-,22-/m1/s1. The van der Waals surface area contributed by atoms with Crippen molar-refractivity contribution >= 4 is 28.9 Å². The predicted molar refractivity (Wildman–Crippen MR) is 124 cm³/mol. The predicted octanol–water partition coefficient (Wildman–Crippen LogP) is 4.76. The van der Waals surface area contributed by atoms with Gasteiger partial charge in [-0.1, -0.05) is 17.7 Å². The molecule has 1 saturated heterocycles. The van der Waals surface area contributed by atoms with Crippen LogP contribution in [0.5, 0.6) is 0 Å². The lowest BCUT2D eigenvalue weighted by molar-refractivity contribution is 0.164. The maximum atomic E-state index is 6.10. The van der Waals surface area contributed by atoms with Crippen molar-refractivity contribution in [3.63, 3.8) is 0 Å². The van der Waals surface area contributed by atoms with Crippen LogP contribution < -0.4 is 5.32 Å². The molecule has 0 spiro atoms. The van der Waals surface area contributed by atoms with Gasteiger partial charge in [0.25, 0.3) is 0 Å². The lowest BCUT2D eigenvalue weighted by Crippen LogP contribution is -2.32. The lowest BCUT2D eigenvalue weighted by atomic mass is 9.97. The lowest BCUT2D eigenvalue weighted by Gasteiger charge is -2.28. The molecule has 2 atom stereocenters. The Kier molecular flexibility index (Phi) is 6.09. The zero-order valence-electron chi connectivity index (χ0n) is 17.3. The van der Waals surface area contributed by atoms with Crippen molar-refractivity contribution in [3.8, 4) is 5.69 Å². The molecule has 0 bridgehead atoms. The van der Waals surface area contributed by atoms with Crippen LogP contribution in [0.15, 0.2) is 54.7 Å². The van der Waals surface area contributed by atoms with Gasteiger partial charge < -0.3 is 19.5 Å². The Balaban J connectivity index is 1.81. The van der Waals surface area contributed by atoms with Gasteiger partial charge in [0.2, 0.25) is 0 Å². The molecule has 2 aromatic heterocycles. The normalized spacial score (nSPS) is 18.7. The minimum Gasteiger partial charge on any atom is -0.383 e. The number of hydrogen-bond donors (Lipinski definition) is 1. The minimum atomic E-state index is -0.0327. The fraction of sp³-hybridized carbons (Fsp3) is 0.304. The van der Waals surface area contributed by atoms with Crippen molar-refractivity contribution in [1.82, 2.24) is 19.8 Å². The third kappa shape index (κ3) is 3.83. The van der Waals surface area contributed by atoms with E-state index in [1.165, 1.54) is 11.3 Å². The summed E-state index contributed by atoms with van der Waals surface area (Å²) in [6, 6.07) is 16.2. The molecule has 0 unspecified atom stereocenters. The highest BCUT2D eigenvalue weighted by atomic mass is 35.5. The van der Waals surface area contributed by atoms with E-state index < -0.39 is 0 Å². The van der Waals surface area contributed by atoms with E-state index >= 15 is 0 Å². The minimum absolute atomic E-state index is 0.0230. The molecule has 0 radical (unpaired) electrons. The van der Waals surface area contributed by atoms with Crippen molar-refractivity contribution in [2.24, 2.45) is 0 Å². The maximum Gasteiger partial charge on any atom is 0.170 e. The molecule has 3 aromatic rings. The third-order valence-corrected chi connectivity index (χ3v) is 6.21. The number of aromatic nitrogens is 2. The number of aryl methyl sites for hydroxylation is 1. The molecular formula is C23H25ClN4OS. The summed E-state index contributed by atoms with van der Waals surface area (Å²) in [6.45, 7) is 5.59. The molecule has 4 rings (SSSR count). The largest absolute Gasteiger partial charge is 0.383 e. The highest BCUT2D eigenvalue weighted by Crippen LogP contribution is 2.41. The Morgan fingerprint density at radius 3 is 2.60 bits per heavy atom. The number of rotatable bonds is 6. The number of nitrogens with zero attached hydrogens (tertiary/aromatic N) is 3. The summed E-state index contributed by atoms with van der Waals surface area (Å²) in [5, 5.41) is 4.95. The number of nitrogens with one attached hydrogen (secondary N) is 1. The molecule has 1 aliphatic heterocycles. The first-order valence-corrected chi connectivity index (χ1v) is 10.7. The third-order valence-electron chi connectivity index (χ3n) is 5.61. The maximum absolute atomic E-state index is 6.10. The fourth-order valence-corrected chi connectivity index (χ4v) is 4.71. The van der Waals surface area contributed by atoms with E-state index in [9.17, 15) is 0 Å². The molecule has 0 aliphatic carbocycles. The van der Waals surface area contributed by atoms with Crippen molar-refractivity contribution < 1.29 is 4.74 Å².